The Labute approximate surface area is 165 Å². The van der Waals surface area contributed by atoms with E-state index in [-0.39, 0.29) is 11.4 Å². The molecule has 5 N–H and O–H groups in total. The number of aromatic nitrogens is 4. The summed E-state index contributed by atoms with van der Waals surface area (Å²) in [6, 6.07) is 16.6. The number of anilines is 1. The Balaban J connectivity index is 1.64. The van der Waals surface area contributed by atoms with Crippen molar-refractivity contribution in [2.45, 2.75) is 0 Å². The van der Waals surface area contributed by atoms with Crippen LogP contribution in [-0.2, 0) is 0 Å². The third-order valence-corrected chi connectivity index (χ3v) is 4.29. The molecule has 4 aromatic rings. The summed E-state index contributed by atoms with van der Waals surface area (Å²) in [6.07, 6.45) is 5.10. The highest BCUT2D eigenvalue weighted by molar-refractivity contribution is 6.00. The van der Waals surface area contributed by atoms with Crippen molar-refractivity contribution in [3.63, 3.8) is 0 Å². The van der Waals surface area contributed by atoms with E-state index in [4.69, 9.17) is 11.5 Å². The lowest BCUT2D eigenvalue weighted by Gasteiger charge is -2.07. The summed E-state index contributed by atoms with van der Waals surface area (Å²) in [4.78, 5) is 22.7. The fraction of sp³-hybridized carbons (Fsp3) is 0. The zero-order valence-electron chi connectivity index (χ0n) is 15.2. The van der Waals surface area contributed by atoms with Gasteiger partial charge in [-0.05, 0) is 41.5 Å². The molecule has 0 saturated heterocycles. The van der Waals surface area contributed by atoms with E-state index < -0.39 is 11.9 Å². The van der Waals surface area contributed by atoms with Gasteiger partial charge in [-0.25, -0.2) is 14.2 Å². The number of benzene rings is 2. The first kappa shape index (κ1) is 18.0. The molecule has 29 heavy (non-hydrogen) atoms. The molecule has 0 spiro atoms. The van der Waals surface area contributed by atoms with E-state index in [1.165, 1.54) is 10.9 Å². The number of rotatable bonds is 5. The van der Waals surface area contributed by atoms with Crippen molar-refractivity contribution < 1.29 is 9.59 Å². The number of nitrogens with zero attached hydrogens (tertiary/aromatic N) is 4. The molecule has 0 saturated carbocycles. The van der Waals surface area contributed by atoms with E-state index in [2.05, 4.69) is 15.5 Å². The highest BCUT2D eigenvalue weighted by Crippen LogP contribution is 2.24. The Morgan fingerprint density at radius 3 is 2.34 bits per heavy atom. The lowest BCUT2D eigenvalue weighted by Crippen LogP contribution is -2.22. The van der Waals surface area contributed by atoms with E-state index in [0.717, 1.165) is 16.8 Å². The molecular weight excluding hydrogens is 370 g/mol. The monoisotopic (exact) mass is 387 g/mol. The summed E-state index contributed by atoms with van der Waals surface area (Å²) < 4.78 is 3.25. The molecule has 4 rings (SSSR count). The van der Waals surface area contributed by atoms with Crippen molar-refractivity contribution in [3.05, 3.63) is 78.9 Å². The van der Waals surface area contributed by atoms with Gasteiger partial charge in [-0.2, -0.15) is 10.2 Å². The van der Waals surface area contributed by atoms with Gasteiger partial charge in [-0.15, -0.1) is 0 Å². The lowest BCUT2D eigenvalue weighted by atomic mass is 10.0. The number of amides is 3. The number of nitrogens with one attached hydrogen (secondary N) is 1. The van der Waals surface area contributed by atoms with Crippen LogP contribution in [0.25, 0.3) is 22.5 Å². The first-order chi connectivity index (χ1) is 14.0. The predicted molar refractivity (Wildman–Crippen MR) is 108 cm³/mol. The van der Waals surface area contributed by atoms with Crippen molar-refractivity contribution in [3.8, 4) is 22.5 Å². The Hall–Kier alpha value is -4.40. The largest absolute Gasteiger partial charge is 0.364 e. The minimum atomic E-state index is -0.806. The lowest BCUT2D eigenvalue weighted by molar-refractivity contribution is 0.0996. The van der Waals surface area contributed by atoms with Crippen molar-refractivity contribution in [2.24, 2.45) is 11.5 Å². The van der Waals surface area contributed by atoms with Gasteiger partial charge in [0.1, 0.15) is 0 Å². The summed E-state index contributed by atoms with van der Waals surface area (Å²) >= 11 is 0. The zero-order chi connectivity index (χ0) is 20.4. The molecule has 0 bridgehead atoms. The maximum absolute atomic E-state index is 11.6. The van der Waals surface area contributed by atoms with Gasteiger partial charge >= 0.3 is 6.03 Å². The van der Waals surface area contributed by atoms with Gasteiger partial charge in [0.25, 0.3) is 5.91 Å². The quantitative estimate of drug-likeness (QED) is 0.484. The molecule has 0 radical (unpaired) electrons. The first-order valence-corrected chi connectivity index (χ1v) is 8.68. The number of carbonyl (C=O) groups excluding carboxylic acids is 2. The van der Waals surface area contributed by atoms with Crippen molar-refractivity contribution in [2.75, 3.05) is 5.32 Å². The SMILES string of the molecule is NC(=O)Nc1cn(-c2ccc(-c3cccc(-n4cccn4)c3)cc2)nc1C(N)=O. The van der Waals surface area contributed by atoms with Crippen LogP contribution < -0.4 is 16.8 Å². The Kier molecular flexibility index (Phi) is 4.54. The summed E-state index contributed by atoms with van der Waals surface area (Å²) in [5.74, 6) is -0.764. The fourth-order valence-corrected chi connectivity index (χ4v) is 2.97. The molecule has 2 aromatic carbocycles. The van der Waals surface area contributed by atoms with Crippen LogP contribution in [0.4, 0.5) is 10.5 Å². The summed E-state index contributed by atoms with van der Waals surface area (Å²) in [5.41, 5.74) is 14.2. The number of nitrogens with two attached hydrogens (primary N) is 2. The van der Waals surface area contributed by atoms with Gasteiger partial charge in [0.05, 0.1) is 23.3 Å². The molecule has 0 aliphatic carbocycles. The van der Waals surface area contributed by atoms with Crippen molar-refractivity contribution in [1.82, 2.24) is 19.6 Å². The molecule has 0 aliphatic heterocycles. The van der Waals surface area contributed by atoms with E-state index >= 15 is 0 Å². The number of hydrogen-bond donors (Lipinski definition) is 3. The topological polar surface area (TPSA) is 134 Å². The molecule has 144 valence electrons. The van der Waals surface area contributed by atoms with E-state index in [0.29, 0.717) is 5.69 Å². The summed E-state index contributed by atoms with van der Waals surface area (Å²) in [5, 5.41) is 10.7. The average molecular weight is 387 g/mol. The summed E-state index contributed by atoms with van der Waals surface area (Å²) in [6.45, 7) is 0. The minimum Gasteiger partial charge on any atom is -0.364 e. The predicted octanol–water partition coefficient (Wildman–Crippen LogP) is 2.31. The molecule has 0 aliphatic rings. The third kappa shape index (κ3) is 3.69. The molecule has 3 amide bonds. The average Bonchev–Trinajstić information content (AvgIpc) is 3.38. The number of carbonyl (C=O) groups is 2. The molecular formula is C20H17N7O2. The molecule has 0 atom stereocenters. The van der Waals surface area contributed by atoms with E-state index in [1.807, 2.05) is 60.8 Å². The smallest absolute Gasteiger partial charge is 0.316 e. The van der Waals surface area contributed by atoms with Gasteiger partial charge in [0.2, 0.25) is 0 Å². The number of primary amides is 2. The normalized spacial score (nSPS) is 10.6. The highest BCUT2D eigenvalue weighted by atomic mass is 16.2. The van der Waals surface area contributed by atoms with Crippen molar-refractivity contribution in [1.29, 1.82) is 0 Å². The second kappa shape index (κ2) is 7.31. The van der Waals surface area contributed by atoms with Crippen LogP contribution >= 0.6 is 0 Å². The van der Waals surface area contributed by atoms with Crippen LogP contribution in [0.3, 0.4) is 0 Å². The minimum absolute atomic E-state index is 0.0696. The van der Waals surface area contributed by atoms with Gasteiger partial charge in [-0.1, -0.05) is 24.3 Å². The van der Waals surface area contributed by atoms with E-state index in [1.54, 1.807) is 10.9 Å². The Bertz CT molecular complexity index is 1180. The second-order valence-electron chi connectivity index (χ2n) is 6.24. The van der Waals surface area contributed by atoms with Crippen LogP contribution in [0.5, 0.6) is 0 Å². The van der Waals surface area contributed by atoms with Crippen LogP contribution in [0.2, 0.25) is 0 Å². The van der Waals surface area contributed by atoms with Crippen LogP contribution in [0.1, 0.15) is 10.5 Å². The van der Waals surface area contributed by atoms with Crippen molar-refractivity contribution >= 4 is 17.6 Å². The maximum atomic E-state index is 11.6. The Morgan fingerprint density at radius 2 is 1.69 bits per heavy atom. The number of urea groups is 1. The van der Waals surface area contributed by atoms with Crippen LogP contribution in [0, 0.1) is 0 Å². The maximum Gasteiger partial charge on any atom is 0.316 e. The third-order valence-electron chi connectivity index (χ3n) is 4.29. The van der Waals surface area contributed by atoms with Gasteiger partial charge in [0.15, 0.2) is 5.69 Å². The molecule has 2 aromatic heterocycles. The summed E-state index contributed by atoms with van der Waals surface area (Å²) in [7, 11) is 0. The molecule has 9 nitrogen and oxygen atoms in total. The number of hydrogen-bond acceptors (Lipinski definition) is 4. The van der Waals surface area contributed by atoms with Crippen LogP contribution in [-0.4, -0.2) is 31.5 Å². The standard InChI is InChI=1S/C20H17N7O2/c21-19(28)18-17(24-20(22)29)12-27(25-18)15-7-5-13(6-8-15)14-3-1-4-16(11-14)26-10-2-9-23-26/h1-12H,(H2,21,28)(H3,22,24,29). The molecule has 2 heterocycles. The Morgan fingerprint density at radius 1 is 0.897 bits per heavy atom. The van der Waals surface area contributed by atoms with Gasteiger partial charge in [-0.3, -0.25) is 4.79 Å². The zero-order valence-corrected chi connectivity index (χ0v) is 15.2. The molecule has 9 heteroatoms. The highest BCUT2D eigenvalue weighted by Gasteiger charge is 2.16. The van der Waals surface area contributed by atoms with E-state index in [9.17, 15) is 9.59 Å². The van der Waals surface area contributed by atoms with Gasteiger partial charge < -0.3 is 16.8 Å². The second-order valence-corrected chi connectivity index (χ2v) is 6.24. The fourth-order valence-electron chi connectivity index (χ4n) is 2.97. The van der Waals surface area contributed by atoms with Crippen LogP contribution in [0.15, 0.2) is 73.2 Å². The van der Waals surface area contributed by atoms with Gasteiger partial charge in [0, 0.05) is 12.4 Å². The molecule has 0 fully saturated rings. The first-order valence-electron chi connectivity index (χ1n) is 8.68. The molecule has 0 unspecified atom stereocenters.